The molecule has 1 heterocycles. The van der Waals surface area contributed by atoms with Crippen LogP contribution in [0.5, 0.6) is 5.75 Å². The number of amides is 2. The maximum Gasteiger partial charge on any atom is 0.261 e. The molecule has 0 spiro atoms. The number of rotatable bonds is 8. The van der Waals surface area contributed by atoms with Gasteiger partial charge in [-0.15, -0.1) is 0 Å². The van der Waals surface area contributed by atoms with Gasteiger partial charge in [-0.1, -0.05) is 48.5 Å². The van der Waals surface area contributed by atoms with Crippen LogP contribution in [0, 0.1) is 0 Å². The summed E-state index contributed by atoms with van der Waals surface area (Å²) in [4.78, 5) is 35.4. The molecule has 6 nitrogen and oxygen atoms in total. The van der Waals surface area contributed by atoms with Gasteiger partial charge < -0.3 is 15.4 Å². The van der Waals surface area contributed by atoms with Gasteiger partial charge in [-0.05, 0) is 41.1 Å². The number of carbonyl (C=O) groups excluding carboxylic acids is 3. The molecular weight excluding hydrogens is 392 g/mol. The Kier molecular flexibility index (Phi) is 7.25. The van der Waals surface area contributed by atoms with Crippen molar-refractivity contribution in [3.05, 3.63) is 65.7 Å². The summed E-state index contributed by atoms with van der Waals surface area (Å²) in [6, 6.07) is 17.1. The number of halogens is 1. The zero-order chi connectivity index (χ0) is 20.6. The highest BCUT2D eigenvalue weighted by Crippen LogP contribution is 2.38. The average Bonchev–Trinajstić information content (AvgIpc) is 2.72. The van der Waals surface area contributed by atoms with E-state index in [1.54, 1.807) is 0 Å². The van der Waals surface area contributed by atoms with E-state index >= 15 is 0 Å². The number of benzene rings is 2. The fourth-order valence-corrected chi connectivity index (χ4v) is 3.51. The molecule has 2 unspecified atom stereocenters. The summed E-state index contributed by atoms with van der Waals surface area (Å²) < 4.78 is 5.81. The first kappa shape index (κ1) is 20.9. The number of hydrogen-bond acceptors (Lipinski definition) is 4. The van der Waals surface area contributed by atoms with E-state index in [0.717, 1.165) is 11.1 Å². The monoisotopic (exact) mass is 414 g/mol. The average molecular weight is 415 g/mol. The number of nitrogens with one attached hydrogen (secondary N) is 2. The Morgan fingerprint density at radius 1 is 1.00 bits per heavy atom. The van der Waals surface area contributed by atoms with Gasteiger partial charge in [0.15, 0.2) is 6.10 Å². The second kappa shape index (κ2) is 10.1. The van der Waals surface area contributed by atoms with Crippen molar-refractivity contribution >= 4 is 28.7 Å². The fourth-order valence-electron chi connectivity index (χ4n) is 3.45. The third-order valence-electron chi connectivity index (χ3n) is 4.84. The molecule has 7 heteroatoms. The maximum absolute atomic E-state index is 12.3. The minimum absolute atomic E-state index is 0.0357. The fraction of sp³-hybridized carbons (Fsp3) is 0.318. The largest absolute Gasteiger partial charge is 0.480 e. The molecule has 0 saturated carbocycles. The number of fused-ring (bicyclic) bond motifs is 1. The third-order valence-corrected chi connectivity index (χ3v) is 4.98. The molecule has 29 heavy (non-hydrogen) atoms. The normalized spacial score (nSPS) is 17.6. The standard InChI is InChI=1S/C22H23ClN2O4/c23-20(26)14-25-22(28)19-13-16(17-8-4-5-9-18(17)29-19)10-11-24-21(27)12-15-6-2-1-3-7-15/h1-9,16,19H,10-14H2,(H,24,27)(H,25,28). The van der Waals surface area contributed by atoms with E-state index in [1.807, 2.05) is 54.6 Å². The molecule has 0 fully saturated rings. The molecule has 152 valence electrons. The summed E-state index contributed by atoms with van der Waals surface area (Å²) >= 11 is 5.29. The van der Waals surface area contributed by atoms with E-state index in [-0.39, 0.29) is 24.3 Å². The van der Waals surface area contributed by atoms with Crippen LogP contribution in [0.4, 0.5) is 0 Å². The van der Waals surface area contributed by atoms with E-state index < -0.39 is 11.3 Å². The van der Waals surface area contributed by atoms with Gasteiger partial charge in [-0.2, -0.15) is 0 Å². The molecule has 0 aliphatic carbocycles. The molecule has 1 aliphatic heterocycles. The quantitative estimate of drug-likeness (QED) is 0.650. The van der Waals surface area contributed by atoms with Gasteiger partial charge in [0.2, 0.25) is 11.1 Å². The highest BCUT2D eigenvalue weighted by Gasteiger charge is 2.32. The zero-order valence-electron chi connectivity index (χ0n) is 15.9. The molecule has 1 aliphatic rings. The molecule has 0 aromatic heterocycles. The second-order valence-corrected chi connectivity index (χ2v) is 7.37. The van der Waals surface area contributed by atoms with Crippen molar-refractivity contribution in [2.45, 2.75) is 31.3 Å². The van der Waals surface area contributed by atoms with Crippen LogP contribution in [-0.2, 0) is 20.8 Å². The lowest BCUT2D eigenvalue weighted by Gasteiger charge is -2.31. The molecule has 0 radical (unpaired) electrons. The van der Waals surface area contributed by atoms with Gasteiger partial charge in [0, 0.05) is 13.0 Å². The number of carbonyl (C=O) groups is 3. The predicted octanol–water partition coefficient (Wildman–Crippen LogP) is 2.55. The van der Waals surface area contributed by atoms with Crippen molar-refractivity contribution in [3.63, 3.8) is 0 Å². The van der Waals surface area contributed by atoms with Gasteiger partial charge in [-0.3, -0.25) is 14.4 Å². The Bertz CT molecular complexity index is 872. The first-order valence-corrected chi connectivity index (χ1v) is 9.93. The molecule has 2 amide bonds. The van der Waals surface area contributed by atoms with Crippen LogP contribution in [-0.4, -0.2) is 36.3 Å². The van der Waals surface area contributed by atoms with Crippen LogP contribution in [0.15, 0.2) is 54.6 Å². The van der Waals surface area contributed by atoms with E-state index in [2.05, 4.69) is 10.6 Å². The summed E-state index contributed by atoms with van der Waals surface area (Å²) in [6.07, 6.45) is 0.779. The molecule has 2 N–H and O–H groups in total. The lowest BCUT2D eigenvalue weighted by atomic mass is 9.87. The first-order valence-electron chi connectivity index (χ1n) is 9.55. The Morgan fingerprint density at radius 3 is 2.48 bits per heavy atom. The molecule has 3 rings (SSSR count). The van der Waals surface area contributed by atoms with Crippen molar-refractivity contribution in [1.29, 1.82) is 0 Å². The number of hydrogen-bond donors (Lipinski definition) is 2. The molecule has 2 aromatic carbocycles. The Morgan fingerprint density at radius 2 is 1.72 bits per heavy atom. The minimum Gasteiger partial charge on any atom is -0.480 e. The van der Waals surface area contributed by atoms with Crippen molar-refractivity contribution in [2.75, 3.05) is 13.1 Å². The molecule has 2 aromatic rings. The number of ether oxygens (including phenoxy) is 1. The van der Waals surface area contributed by atoms with Gasteiger partial charge in [-0.25, -0.2) is 0 Å². The van der Waals surface area contributed by atoms with Crippen molar-refractivity contribution in [1.82, 2.24) is 10.6 Å². The van der Waals surface area contributed by atoms with Crippen LogP contribution >= 0.6 is 11.6 Å². The minimum atomic E-state index is -0.703. The summed E-state index contributed by atoms with van der Waals surface area (Å²) in [5.74, 6) is 0.300. The SMILES string of the molecule is O=C(Cl)CNC(=O)C1CC(CCNC(=O)Cc2ccccc2)c2ccccc2O1. The van der Waals surface area contributed by atoms with Crippen LogP contribution in [0.1, 0.15) is 29.9 Å². The summed E-state index contributed by atoms with van der Waals surface area (Å²) in [7, 11) is 0. The predicted molar refractivity (Wildman–Crippen MR) is 110 cm³/mol. The zero-order valence-corrected chi connectivity index (χ0v) is 16.7. The van der Waals surface area contributed by atoms with E-state index in [4.69, 9.17) is 16.3 Å². The lowest BCUT2D eigenvalue weighted by molar-refractivity contribution is -0.130. The van der Waals surface area contributed by atoms with Gasteiger partial charge in [0.1, 0.15) is 5.75 Å². The lowest BCUT2D eigenvalue weighted by Crippen LogP contribution is -2.43. The maximum atomic E-state index is 12.3. The Labute approximate surface area is 174 Å². The van der Waals surface area contributed by atoms with E-state index in [9.17, 15) is 14.4 Å². The summed E-state index contributed by atoms with van der Waals surface area (Å²) in [5.41, 5.74) is 1.98. The number of para-hydroxylation sites is 1. The second-order valence-electron chi connectivity index (χ2n) is 6.95. The molecule has 0 bridgehead atoms. The Hall–Kier alpha value is -2.86. The third kappa shape index (κ3) is 6.06. The van der Waals surface area contributed by atoms with Crippen LogP contribution in [0.25, 0.3) is 0 Å². The summed E-state index contributed by atoms with van der Waals surface area (Å²) in [6.45, 7) is 0.265. The van der Waals surface area contributed by atoms with Crippen LogP contribution in [0.2, 0.25) is 0 Å². The summed E-state index contributed by atoms with van der Waals surface area (Å²) in [5, 5.41) is 4.81. The molecular formula is C22H23ClN2O4. The van der Waals surface area contributed by atoms with Gasteiger partial charge in [0.25, 0.3) is 5.91 Å². The smallest absolute Gasteiger partial charge is 0.261 e. The van der Waals surface area contributed by atoms with Gasteiger partial charge >= 0.3 is 0 Å². The van der Waals surface area contributed by atoms with Crippen molar-refractivity contribution in [2.24, 2.45) is 0 Å². The van der Waals surface area contributed by atoms with Crippen molar-refractivity contribution < 1.29 is 19.1 Å². The highest BCUT2D eigenvalue weighted by atomic mass is 35.5. The molecule has 0 saturated heterocycles. The molecule has 2 atom stereocenters. The Balaban J connectivity index is 1.57. The topological polar surface area (TPSA) is 84.5 Å². The highest BCUT2D eigenvalue weighted by molar-refractivity contribution is 6.64. The van der Waals surface area contributed by atoms with E-state index in [1.165, 1.54) is 0 Å². The van der Waals surface area contributed by atoms with Crippen molar-refractivity contribution in [3.8, 4) is 5.75 Å². The van der Waals surface area contributed by atoms with Crippen LogP contribution < -0.4 is 15.4 Å². The van der Waals surface area contributed by atoms with Crippen LogP contribution in [0.3, 0.4) is 0 Å². The first-order chi connectivity index (χ1) is 14.0. The van der Waals surface area contributed by atoms with Gasteiger partial charge in [0.05, 0.1) is 13.0 Å². The van der Waals surface area contributed by atoms with E-state index in [0.29, 0.717) is 31.6 Å².